The molecule has 2 N–H and O–H groups in total. The summed E-state index contributed by atoms with van der Waals surface area (Å²) in [6.45, 7) is 4.42. The van der Waals surface area contributed by atoms with Gasteiger partial charge in [-0.3, -0.25) is 4.90 Å². The van der Waals surface area contributed by atoms with Crippen molar-refractivity contribution < 1.29 is 8.78 Å². The van der Waals surface area contributed by atoms with Crippen molar-refractivity contribution >= 4 is 0 Å². The Morgan fingerprint density at radius 2 is 1.62 bits per heavy atom. The molecule has 112 valence electrons. The fourth-order valence-electron chi connectivity index (χ4n) is 2.32. The van der Waals surface area contributed by atoms with Crippen LogP contribution < -0.4 is 5.73 Å². The number of benzene rings is 2. The van der Waals surface area contributed by atoms with E-state index in [1.807, 2.05) is 31.2 Å². The normalized spacial score (nSPS) is 11.1. The lowest BCUT2D eigenvalue weighted by atomic mass is 10.1. The lowest BCUT2D eigenvalue weighted by molar-refractivity contribution is 0.266. The van der Waals surface area contributed by atoms with Crippen LogP contribution in [0.4, 0.5) is 8.78 Å². The Morgan fingerprint density at radius 3 is 2.24 bits per heavy atom. The number of nitrogens with zero attached hydrogens (tertiary/aromatic N) is 1. The molecule has 21 heavy (non-hydrogen) atoms. The Hall–Kier alpha value is -1.78. The molecule has 2 aromatic rings. The first-order valence-electron chi connectivity index (χ1n) is 7.07. The minimum Gasteiger partial charge on any atom is -0.326 e. The van der Waals surface area contributed by atoms with Crippen LogP contribution in [0.2, 0.25) is 0 Å². The van der Waals surface area contributed by atoms with Gasteiger partial charge in [0.1, 0.15) is 11.6 Å². The van der Waals surface area contributed by atoms with Crippen molar-refractivity contribution in [2.24, 2.45) is 5.73 Å². The average molecular weight is 290 g/mol. The quantitative estimate of drug-likeness (QED) is 0.883. The highest BCUT2D eigenvalue weighted by molar-refractivity contribution is 5.27. The van der Waals surface area contributed by atoms with Crippen LogP contribution in [0, 0.1) is 11.6 Å². The molecule has 2 aromatic carbocycles. The SMILES string of the molecule is CCN(Cc1ccc(F)cc1F)Cc1ccccc1CN. The highest BCUT2D eigenvalue weighted by Crippen LogP contribution is 2.16. The molecule has 2 nitrogen and oxygen atoms in total. The van der Waals surface area contributed by atoms with Crippen LogP contribution in [-0.4, -0.2) is 11.4 Å². The van der Waals surface area contributed by atoms with Crippen LogP contribution in [0.5, 0.6) is 0 Å². The summed E-state index contributed by atoms with van der Waals surface area (Å²) >= 11 is 0. The Morgan fingerprint density at radius 1 is 0.952 bits per heavy atom. The molecule has 0 aromatic heterocycles. The summed E-state index contributed by atoms with van der Waals surface area (Å²) < 4.78 is 26.7. The first-order valence-corrected chi connectivity index (χ1v) is 7.07. The van der Waals surface area contributed by atoms with Crippen molar-refractivity contribution in [3.8, 4) is 0 Å². The van der Waals surface area contributed by atoms with Gasteiger partial charge in [0, 0.05) is 31.3 Å². The van der Waals surface area contributed by atoms with Gasteiger partial charge in [0.25, 0.3) is 0 Å². The maximum absolute atomic E-state index is 13.7. The predicted octanol–water partition coefficient (Wildman–Crippen LogP) is 3.45. The van der Waals surface area contributed by atoms with Crippen LogP contribution in [0.15, 0.2) is 42.5 Å². The highest BCUT2D eigenvalue weighted by atomic mass is 19.1. The summed E-state index contributed by atoms with van der Waals surface area (Å²) in [6, 6.07) is 11.7. The fraction of sp³-hybridized carbons (Fsp3) is 0.294. The van der Waals surface area contributed by atoms with Crippen LogP contribution in [0.1, 0.15) is 23.6 Å². The highest BCUT2D eigenvalue weighted by Gasteiger charge is 2.11. The summed E-state index contributed by atoms with van der Waals surface area (Å²) in [7, 11) is 0. The van der Waals surface area contributed by atoms with E-state index in [0.29, 0.717) is 25.2 Å². The van der Waals surface area contributed by atoms with Gasteiger partial charge in [-0.25, -0.2) is 8.78 Å². The van der Waals surface area contributed by atoms with Crippen LogP contribution in [-0.2, 0) is 19.6 Å². The van der Waals surface area contributed by atoms with Crippen LogP contribution >= 0.6 is 0 Å². The Balaban J connectivity index is 2.13. The summed E-state index contributed by atoms with van der Waals surface area (Å²) in [5, 5.41) is 0. The minimum absolute atomic E-state index is 0.446. The molecule has 0 aliphatic heterocycles. The fourth-order valence-corrected chi connectivity index (χ4v) is 2.32. The van der Waals surface area contributed by atoms with Crippen molar-refractivity contribution in [3.05, 3.63) is 70.8 Å². The summed E-state index contributed by atoms with van der Waals surface area (Å²) in [4.78, 5) is 2.10. The molecule has 4 heteroatoms. The van der Waals surface area contributed by atoms with E-state index in [1.54, 1.807) is 0 Å². The lowest BCUT2D eigenvalue weighted by Crippen LogP contribution is -2.24. The van der Waals surface area contributed by atoms with E-state index in [0.717, 1.165) is 23.7 Å². The van der Waals surface area contributed by atoms with Gasteiger partial charge in [-0.05, 0) is 23.7 Å². The van der Waals surface area contributed by atoms with E-state index in [1.165, 1.54) is 12.1 Å². The third-order valence-electron chi connectivity index (χ3n) is 3.59. The van der Waals surface area contributed by atoms with E-state index in [9.17, 15) is 8.78 Å². The second-order valence-electron chi connectivity index (χ2n) is 5.01. The number of halogens is 2. The van der Waals surface area contributed by atoms with Crippen molar-refractivity contribution in [2.75, 3.05) is 6.54 Å². The number of rotatable bonds is 6. The zero-order valence-electron chi connectivity index (χ0n) is 12.2. The lowest BCUT2D eigenvalue weighted by Gasteiger charge is -2.22. The van der Waals surface area contributed by atoms with E-state index >= 15 is 0 Å². The first-order chi connectivity index (χ1) is 10.1. The van der Waals surface area contributed by atoms with E-state index in [2.05, 4.69) is 4.90 Å². The van der Waals surface area contributed by atoms with Gasteiger partial charge >= 0.3 is 0 Å². The summed E-state index contributed by atoms with van der Waals surface area (Å²) in [5.41, 5.74) is 8.48. The van der Waals surface area contributed by atoms with Gasteiger partial charge in [0.2, 0.25) is 0 Å². The molecule has 0 radical (unpaired) electrons. The van der Waals surface area contributed by atoms with Crippen molar-refractivity contribution in [3.63, 3.8) is 0 Å². The topological polar surface area (TPSA) is 29.3 Å². The first kappa shape index (κ1) is 15.6. The Labute approximate surface area is 124 Å². The molecular formula is C17H20F2N2. The molecule has 0 amide bonds. The van der Waals surface area contributed by atoms with Crippen LogP contribution in [0.3, 0.4) is 0 Å². The molecule has 0 bridgehead atoms. The third kappa shape index (κ3) is 4.09. The molecular weight excluding hydrogens is 270 g/mol. The van der Waals surface area contributed by atoms with Gasteiger partial charge in [0.15, 0.2) is 0 Å². The van der Waals surface area contributed by atoms with Gasteiger partial charge in [-0.2, -0.15) is 0 Å². The molecule has 0 heterocycles. The molecule has 2 rings (SSSR count). The smallest absolute Gasteiger partial charge is 0.130 e. The molecule has 0 aliphatic rings. The number of nitrogens with two attached hydrogens (primary N) is 1. The summed E-state index contributed by atoms with van der Waals surface area (Å²) in [6.07, 6.45) is 0. The molecule has 0 unspecified atom stereocenters. The van der Waals surface area contributed by atoms with E-state index in [-0.39, 0.29) is 0 Å². The van der Waals surface area contributed by atoms with E-state index < -0.39 is 11.6 Å². The van der Waals surface area contributed by atoms with Crippen molar-refractivity contribution in [2.45, 2.75) is 26.6 Å². The van der Waals surface area contributed by atoms with Crippen LogP contribution in [0.25, 0.3) is 0 Å². The summed E-state index contributed by atoms with van der Waals surface area (Å²) in [5.74, 6) is -1.05. The predicted molar refractivity (Wildman–Crippen MR) is 80.5 cm³/mol. The van der Waals surface area contributed by atoms with E-state index in [4.69, 9.17) is 5.73 Å². The average Bonchev–Trinajstić information content (AvgIpc) is 2.49. The van der Waals surface area contributed by atoms with Gasteiger partial charge in [-0.15, -0.1) is 0 Å². The van der Waals surface area contributed by atoms with Gasteiger partial charge < -0.3 is 5.73 Å². The van der Waals surface area contributed by atoms with Gasteiger partial charge in [-0.1, -0.05) is 37.3 Å². The second kappa shape index (κ2) is 7.29. The van der Waals surface area contributed by atoms with Gasteiger partial charge in [0.05, 0.1) is 0 Å². The minimum atomic E-state index is -0.548. The number of hydrogen-bond donors (Lipinski definition) is 1. The maximum Gasteiger partial charge on any atom is 0.130 e. The largest absolute Gasteiger partial charge is 0.326 e. The van der Waals surface area contributed by atoms with Crippen molar-refractivity contribution in [1.29, 1.82) is 0 Å². The van der Waals surface area contributed by atoms with Crippen molar-refractivity contribution in [1.82, 2.24) is 4.90 Å². The monoisotopic (exact) mass is 290 g/mol. The zero-order valence-corrected chi connectivity index (χ0v) is 12.2. The molecule has 0 saturated heterocycles. The molecule has 0 atom stereocenters. The zero-order chi connectivity index (χ0) is 15.2. The Kier molecular flexibility index (Phi) is 5.42. The third-order valence-corrected chi connectivity index (χ3v) is 3.59. The second-order valence-corrected chi connectivity index (χ2v) is 5.01. The standard InChI is InChI=1S/C17H20F2N2/c1-2-21(11-14-6-4-3-5-13(14)10-20)12-15-7-8-16(18)9-17(15)19/h3-9H,2,10-12,20H2,1H3. The Bertz CT molecular complexity index is 599. The molecule has 0 aliphatic carbocycles. The molecule has 0 saturated carbocycles. The maximum atomic E-state index is 13.7. The number of hydrogen-bond acceptors (Lipinski definition) is 2. The molecule has 0 fully saturated rings. The molecule has 0 spiro atoms.